The highest BCUT2D eigenvalue weighted by Gasteiger charge is 2.33. The van der Waals surface area contributed by atoms with E-state index in [1.807, 2.05) is 0 Å². The number of nitrogens with one attached hydrogen (secondary N) is 1. The summed E-state index contributed by atoms with van der Waals surface area (Å²) in [7, 11) is 1.40. The maximum atomic E-state index is 12.3. The molecule has 0 aliphatic carbocycles. The van der Waals surface area contributed by atoms with Crippen LogP contribution in [0, 0.1) is 0 Å². The maximum absolute atomic E-state index is 12.3. The van der Waals surface area contributed by atoms with Crippen LogP contribution in [0.5, 0.6) is 0 Å². The lowest BCUT2D eigenvalue weighted by molar-refractivity contribution is -0.136. The van der Waals surface area contributed by atoms with Gasteiger partial charge in [-0.2, -0.15) is 13.2 Å². The summed E-state index contributed by atoms with van der Waals surface area (Å²) in [6, 6.07) is 3.66. The van der Waals surface area contributed by atoms with E-state index in [1.165, 1.54) is 19.2 Å². The van der Waals surface area contributed by atoms with E-state index in [9.17, 15) is 13.2 Å². The Kier molecular flexibility index (Phi) is 4.55. The molecule has 0 aliphatic heterocycles. The lowest BCUT2D eigenvalue weighted by Gasteiger charge is -2.13. The van der Waals surface area contributed by atoms with E-state index in [0.29, 0.717) is 0 Å². The van der Waals surface area contributed by atoms with Gasteiger partial charge in [0, 0.05) is 7.05 Å². The molecule has 14 heavy (non-hydrogen) atoms. The van der Waals surface area contributed by atoms with Gasteiger partial charge in [-0.15, -0.1) is 12.4 Å². The lowest BCUT2D eigenvalue weighted by Crippen LogP contribution is -2.08. The van der Waals surface area contributed by atoms with E-state index in [4.69, 9.17) is 11.6 Å². The van der Waals surface area contributed by atoms with Gasteiger partial charge < -0.3 is 5.32 Å². The van der Waals surface area contributed by atoms with E-state index in [1.54, 1.807) is 0 Å². The molecule has 0 aromatic heterocycles. The third-order valence-electron chi connectivity index (χ3n) is 1.57. The van der Waals surface area contributed by atoms with Crippen LogP contribution in [-0.4, -0.2) is 7.05 Å². The number of anilines is 1. The molecule has 0 unspecified atom stereocenters. The second-order valence-corrected chi connectivity index (χ2v) is 2.82. The van der Waals surface area contributed by atoms with E-state index in [-0.39, 0.29) is 23.1 Å². The summed E-state index contributed by atoms with van der Waals surface area (Å²) in [5, 5.41) is 2.49. The van der Waals surface area contributed by atoms with Gasteiger partial charge in [0.2, 0.25) is 0 Å². The van der Waals surface area contributed by atoms with Crippen LogP contribution < -0.4 is 5.32 Å². The van der Waals surface area contributed by atoms with Crippen LogP contribution in [0.25, 0.3) is 0 Å². The molecule has 1 aromatic carbocycles. The monoisotopic (exact) mass is 245 g/mol. The van der Waals surface area contributed by atoms with Gasteiger partial charge in [0.25, 0.3) is 0 Å². The molecule has 0 saturated carbocycles. The zero-order chi connectivity index (χ0) is 10.1. The van der Waals surface area contributed by atoms with Gasteiger partial charge in [-0.1, -0.05) is 17.7 Å². The van der Waals surface area contributed by atoms with Crippen LogP contribution in [0.2, 0.25) is 5.02 Å². The minimum Gasteiger partial charge on any atom is -0.386 e. The molecule has 0 atom stereocenters. The normalized spacial score (nSPS) is 10.6. The summed E-state index contributed by atoms with van der Waals surface area (Å²) in [5.41, 5.74) is -0.834. The molecule has 1 nitrogen and oxygen atoms in total. The third-order valence-corrected chi connectivity index (χ3v) is 1.88. The second kappa shape index (κ2) is 4.75. The first kappa shape index (κ1) is 13.4. The van der Waals surface area contributed by atoms with Gasteiger partial charge in [-0.05, 0) is 12.1 Å². The summed E-state index contributed by atoms with van der Waals surface area (Å²) < 4.78 is 37.0. The molecular formula is C8H8Cl2F3N. The van der Waals surface area contributed by atoms with Crippen molar-refractivity contribution >= 4 is 29.7 Å². The SMILES string of the molecule is CNc1c(Cl)cccc1C(F)(F)F.Cl. The predicted octanol–water partition coefficient (Wildman–Crippen LogP) is 3.82. The van der Waals surface area contributed by atoms with Crippen molar-refractivity contribution in [3.05, 3.63) is 28.8 Å². The average molecular weight is 246 g/mol. The average Bonchev–Trinajstić information content (AvgIpc) is 2.02. The van der Waals surface area contributed by atoms with Crippen LogP contribution >= 0.6 is 24.0 Å². The largest absolute Gasteiger partial charge is 0.418 e. The summed E-state index contributed by atoms with van der Waals surface area (Å²) in [5.74, 6) is 0. The van der Waals surface area contributed by atoms with Crippen molar-refractivity contribution in [2.24, 2.45) is 0 Å². The van der Waals surface area contributed by atoms with Crippen molar-refractivity contribution in [2.45, 2.75) is 6.18 Å². The van der Waals surface area contributed by atoms with Gasteiger partial charge in [0.1, 0.15) is 0 Å². The Balaban J connectivity index is 0.00000169. The zero-order valence-corrected chi connectivity index (χ0v) is 8.72. The first-order chi connectivity index (χ1) is 5.96. The molecule has 0 bridgehead atoms. The van der Waals surface area contributed by atoms with Crippen molar-refractivity contribution in [3.63, 3.8) is 0 Å². The van der Waals surface area contributed by atoms with E-state index >= 15 is 0 Å². The van der Waals surface area contributed by atoms with Gasteiger partial charge in [-0.25, -0.2) is 0 Å². The number of benzene rings is 1. The van der Waals surface area contributed by atoms with Gasteiger partial charge in [-0.3, -0.25) is 0 Å². The first-order valence-electron chi connectivity index (χ1n) is 3.50. The topological polar surface area (TPSA) is 12.0 Å². The fourth-order valence-corrected chi connectivity index (χ4v) is 1.28. The smallest absolute Gasteiger partial charge is 0.386 e. The summed E-state index contributed by atoms with van der Waals surface area (Å²) in [4.78, 5) is 0. The minimum absolute atomic E-state index is 0. The maximum Gasteiger partial charge on any atom is 0.418 e. The molecule has 1 N–H and O–H groups in total. The highest BCUT2D eigenvalue weighted by molar-refractivity contribution is 6.33. The van der Waals surface area contributed by atoms with Gasteiger partial charge >= 0.3 is 6.18 Å². The summed E-state index contributed by atoms with van der Waals surface area (Å²) >= 11 is 5.57. The summed E-state index contributed by atoms with van der Waals surface area (Å²) in [6.45, 7) is 0. The van der Waals surface area contributed by atoms with Crippen LogP contribution in [0.15, 0.2) is 18.2 Å². The fraction of sp³-hybridized carbons (Fsp3) is 0.250. The number of hydrogen-bond acceptors (Lipinski definition) is 1. The molecule has 0 spiro atoms. The van der Waals surface area contributed by atoms with Crippen molar-refractivity contribution in [1.29, 1.82) is 0 Å². The predicted molar refractivity (Wildman–Crippen MR) is 53.2 cm³/mol. The number of alkyl halides is 3. The Labute approximate surface area is 90.7 Å². The molecular weight excluding hydrogens is 238 g/mol. The fourth-order valence-electron chi connectivity index (χ4n) is 1.01. The number of para-hydroxylation sites is 1. The van der Waals surface area contributed by atoms with Crippen LogP contribution in [0.1, 0.15) is 5.56 Å². The highest BCUT2D eigenvalue weighted by atomic mass is 35.5. The zero-order valence-electron chi connectivity index (χ0n) is 7.15. The van der Waals surface area contributed by atoms with Crippen LogP contribution in [0.4, 0.5) is 18.9 Å². The Morgan fingerprint density at radius 1 is 1.29 bits per heavy atom. The van der Waals surface area contributed by atoms with Crippen LogP contribution in [0.3, 0.4) is 0 Å². The van der Waals surface area contributed by atoms with Crippen molar-refractivity contribution < 1.29 is 13.2 Å². The molecule has 0 saturated heterocycles. The summed E-state index contributed by atoms with van der Waals surface area (Å²) in [6.07, 6.45) is -4.37. The number of hydrogen-bond donors (Lipinski definition) is 1. The van der Waals surface area contributed by atoms with E-state index in [2.05, 4.69) is 5.32 Å². The molecule has 80 valence electrons. The highest BCUT2D eigenvalue weighted by Crippen LogP contribution is 2.37. The molecule has 0 fully saturated rings. The Morgan fingerprint density at radius 2 is 1.86 bits per heavy atom. The second-order valence-electron chi connectivity index (χ2n) is 2.41. The number of halogens is 5. The van der Waals surface area contributed by atoms with Gasteiger partial charge in [0.05, 0.1) is 16.3 Å². The molecule has 0 aliphatic rings. The Bertz CT molecular complexity index is 312. The molecule has 1 aromatic rings. The quantitative estimate of drug-likeness (QED) is 0.794. The number of rotatable bonds is 1. The molecule has 0 amide bonds. The third kappa shape index (κ3) is 2.69. The molecule has 0 heterocycles. The Hall–Kier alpha value is -0.610. The van der Waals surface area contributed by atoms with Gasteiger partial charge in [0.15, 0.2) is 0 Å². The van der Waals surface area contributed by atoms with Crippen molar-refractivity contribution in [1.82, 2.24) is 0 Å². The van der Waals surface area contributed by atoms with Crippen molar-refractivity contribution in [3.8, 4) is 0 Å². The Morgan fingerprint density at radius 3 is 2.21 bits per heavy atom. The standard InChI is InChI=1S/C8H7ClF3N.ClH/c1-13-7-5(8(10,11)12)3-2-4-6(7)9;/h2-4,13H,1H3;1H. The van der Waals surface area contributed by atoms with E-state index < -0.39 is 11.7 Å². The minimum atomic E-state index is -4.37. The molecule has 6 heteroatoms. The molecule has 1 rings (SSSR count). The molecule has 0 radical (unpaired) electrons. The lowest BCUT2D eigenvalue weighted by atomic mass is 10.1. The van der Waals surface area contributed by atoms with Crippen LogP contribution in [-0.2, 0) is 6.18 Å². The first-order valence-corrected chi connectivity index (χ1v) is 3.88. The van der Waals surface area contributed by atoms with E-state index in [0.717, 1.165) is 6.07 Å². The van der Waals surface area contributed by atoms with Crippen molar-refractivity contribution in [2.75, 3.05) is 12.4 Å².